The first-order valence-corrected chi connectivity index (χ1v) is 8.27. The van der Waals surface area contributed by atoms with Gasteiger partial charge in [0.25, 0.3) is 5.88 Å². The van der Waals surface area contributed by atoms with E-state index in [1.165, 1.54) is 12.1 Å². The first kappa shape index (κ1) is 21.4. The Morgan fingerprint density at radius 2 is 1.58 bits per heavy atom. The molecule has 0 radical (unpaired) electrons. The molecule has 0 N–H and O–H groups in total. The Morgan fingerprint density at radius 3 is 1.96 bits per heavy atom. The predicted octanol–water partition coefficient (Wildman–Crippen LogP) is 4.19. The van der Waals surface area contributed by atoms with E-state index < -0.39 is 23.4 Å². The van der Waals surface area contributed by atoms with Gasteiger partial charge in [-0.25, -0.2) is 9.59 Å². The van der Waals surface area contributed by atoms with Gasteiger partial charge in [-0.15, -0.1) is 10.2 Å². The average Bonchev–Trinajstić information content (AvgIpc) is 2.45. The number of amides is 2. The Labute approximate surface area is 154 Å². The van der Waals surface area contributed by atoms with Crippen LogP contribution < -0.4 is 9.64 Å². The van der Waals surface area contributed by atoms with Crippen molar-refractivity contribution in [2.75, 3.05) is 11.5 Å². The number of carbonyl (C=O) groups excluding carboxylic acids is 2. The summed E-state index contributed by atoms with van der Waals surface area (Å²) in [5.74, 6) is 0.00909. The second kappa shape index (κ2) is 8.16. The molecule has 26 heavy (non-hydrogen) atoms. The van der Waals surface area contributed by atoms with Gasteiger partial charge in [-0.05, 0) is 60.6 Å². The van der Waals surface area contributed by atoms with Crippen LogP contribution in [0.3, 0.4) is 0 Å². The highest BCUT2D eigenvalue weighted by Crippen LogP contribution is 2.29. The van der Waals surface area contributed by atoms with E-state index in [9.17, 15) is 9.59 Å². The van der Waals surface area contributed by atoms with Gasteiger partial charge in [-0.2, -0.15) is 4.90 Å². The first-order chi connectivity index (χ1) is 11.9. The Kier molecular flexibility index (Phi) is 6.72. The molecule has 0 spiro atoms. The molecular formula is C18H27N3O5. The molecule has 0 unspecified atom stereocenters. The summed E-state index contributed by atoms with van der Waals surface area (Å²) < 4.78 is 16.1. The Balaban J connectivity index is 3.46. The lowest BCUT2D eigenvalue weighted by Crippen LogP contribution is -2.44. The standard InChI is InChI=1S/C18H27N3O5/c1-9-12-11-13(14(20-19-12)24-10-2)21(15(22)25-17(3,4)5)16(23)26-18(6,7)8/h9,11H,1,10H2,2-8H3. The maximum absolute atomic E-state index is 12.7. The zero-order chi connectivity index (χ0) is 20.1. The number of carbonyl (C=O) groups is 2. The normalized spacial score (nSPS) is 11.5. The summed E-state index contributed by atoms with van der Waals surface area (Å²) in [6, 6.07) is 1.46. The molecule has 1 aromatic heterocycles. The third kappa shape index (κ3) is 6.34. The van der Waals surface area contributed by atoms with Crippen LogP contribution in [0, 0.1) is 0 Å². The number of anilines is 1. The van der Waals surface area contributed by atoms with E-state index in [1.54, 1.807) is 48.5 Å². The molecule has 0 aliphatic carbocycles. The SMILES string of the molecule is C=Cc1cc(N(C(=O)OC(C)(C)C)C(=O)OC(C)(C)C)c(OCC)nn1. The van der Waals surface area contributed by atoms with Gasteiger partial charge < -0.3 is 14.2 Å². The van der Waals surface area contributed by atoms with Crippen molar-refractivity contribution < 1.29 is 23.8 Å². The fourth-order valence-corrected chi connectivity index (χ4v) is 1.77. The minimum atomic E-state index is -0.907. The molecule has 0 fully saturated rings. The largest absolute Gasteiger partial charge is 0.475 e. The summed E-state index contributed by atoms with van der Waals surface area (Å²) >= 11 is 0. The maximum atomic E-state index is 12.7. The van der Waals surface area contributed by atoms with Crippen LogP contribution in [0.1, 0.15) is 54.2 Å². The molecule has 1 rings (SSSR count). The van der Waals surface area contributed by atoms with Crippen LogP contribution in [0.25, 0.3) is 6.08 Å². The van der Waals surface area contributed by atoms with E-state index in [0.29, 0.717) is 5.69 Å². The van der Waals surface area contributed by atoms with E-state index in [4.69, 9.17) is 14.2 Å². The van der Waals surface area contributed by atoms with Gasteiger partial charge in [0.2, 0.25) is 0 Å². The third-order valence-electron chi connectivity index (χ3n) is 2.64. The molecule has 8 heteroatoms. The minimum Gasteiger partial charge on any atom is -0.475 e. The van der Waals surface area contributed by atoms with Gasteiger partial charge in [-0.3, -0.25) is 0 Å². The summed E-state index contributed by atoms with van der Waals surface area (Å²) in [7, 11) is 0. The van der Waals surface area contributed by atoms with Crippen LogP contribution in [0.15, 0.2) is 12.6 Å². The summed E-state index contributed by atoms with van der Waals surface area (Å²) in [4.78, 5) is 26.2. The topological polar surface area (TPSA) is 90.9 Å². The Bertz CT molecular complexity index is 646. The van der Waals surface area contributed by atoms with Crippen LogP contribution in [-0.4, -0.2) is 40.2 Å². The van der Waals surface area contributed by atoms with Crippen molar-refractivity contribution in [3.8, 4) is 5.88 Å². The van der Waals surface area contributed by atoms with Crippen LogP contribution >= 0.6 is 0 Å². The van der Waals surface area contributed by atoms with Gasteiger partial charge >= 0.3 is 12.2 Å². The second-order valence-electron chi connectivity index (χ2n) is 7.39. The molecule has 0 saturated heterocycles. The molecule has 0 aliphatic heterocycles. The van der Waals surface area contributed by atoms with Crippen LogP contribution in [0.4, 0.5) is 15.3 Å². The highest BCUT2D eigenvalue weighted by atomic mass is 16.6. The molecule has 2 amide bonds. The summed E-state index contributed by atoms with van der Waals surface area (Å²) in [6.07, 6.45) is -0.374. The molecular weight excluding hydrogens is 338 g/mol. The number of hydrogen-bond acceptors (Lipinski definition) is 7. The fraction of sp³-hybridized carbons (Fsp3) is 0.556. The average molecular weight is 365 g/mol. The van der Waals surface area contributed by atoms with Crippen molar-refractivity contribution >= 4 is 23.9 Å². The molecule has 8 nitrogen and oxygen atoms in total. The number of hydrogen-bond donors (Lipinski definition) is 0. The monoisotopic (exact) mass is 365 g/mol. The molecule has 1 heterocycles. The van der Waals surface area contributed by atoms with E-state index in [1.807, 2.05) is 0 Å². The third-order valence-corrected chi connectivity index (χ3v) is 2.64. The van der Waals surface area contributed by atoms with Gasteiger partial charge in [0.05, 0.1) is 12.3 Å². The van der Waals surface area contributed by atoms with Gasteiger partial charge in [0.15, 0.2) is 0 Å². The highest BCUT2D eigenvalue weighted by Gasteiger charge is 2.35. The predicted molar refractivity (Wildman–Crippen MR) is 98.2 cm³/mol. The Hall–Kier alpha value is -2.64. The fourth-order valence-electron chi connectivity index (χ4n) is 1.77. The van der Waals surface area contributed by atoms with Gasteiger partial charge in [0.1, 0.15) is 16.9 Å². The number of rotatable bonds is 4. The lowest BCUT2D eigenvalue weighted by Gasteiger charge is -2.29. The molecule has 0 bridgehead atoms. The van der Waals surface area contributed by atoms with Crippen LogP contribution in [0.2, 0.25) is 0 Å². The molecule has 0 atom stereocenters. The number of nitrogens with zero attached hydrogens (tertiary/aromatic N) is 3. The smallest absolute Gasteiger partial charge is 0.424 e. The summed E-state index contributed by atoms with van der Waals surface area (Å²) in [5, 5.41) is 7.82. The van der Waals surface area contributed by atoms with E-state index >= 15 is 0 Å². The molecule has 144 valence electrons. The quantitative estimate of drug-likeness (QED) is 0.790. The maximum Gasteiger partial charge on any atom is 0.424 e. The van der Waals surface area contributed by atoms with Crippen molar-refractivity contribution in [2.24, 2.45) is 0 Å². The zero-order valence-electron chi connectivity index (χ0n) is 16.5. The second-order valence-corrected chi connectivity index (χ2v) is 7.39. The first-order valence-electron chi connectivity index (χ1n) is 8.27. The van der Waals surface area contributed by atoms with E-state index in [2.05, 4.69) is 16.8 Å². The zero-order valence-corrected chi connectivity index (χ0v) is 16.5. The van der Waals surface area contributed by atoms with Gasteiger partial charge in [0, 0.05) is 0 Å². The van der Waals surface area contributed by atoms with Crippen molar-refractivity contribution in [1.82, 2.24) is 10.2 Å². The van der Waals surface area contributed by atoms with Crippen molar-refractivity contribution in [1.29, 1.82) is 0 Å². The van der Waals surface area contributed by atoms with Crippen LogP contribution in [-0.2, 0) is 9.47 Å². The lowest BCUT2D eigenvalue weighted by atomic mass is 10.2. The van der Waals surface area contributed by atoms with E-state index in [-0.39, 0.29) is 18.2 Å². The number of ether oxygens (including phenoxy) is 3. The molecule has 0 aromatic carbocycles. The lowest BCUT2D eigenvalue weighted by molar-refractivity contribution is 0.0428. The molecule has 1 aromatic rings. The van der Waals surface area contributed by atoms with Gasteiger partial charge in [-0.1, -0.05) is 6.58 Å². The highest BCUT2D eigenvalue weighted by molar-refractivity contribution is 6.10. The molecule has 0 aliphatic rings. The Morgan fingerprint density at radius 1 is 1.08 bits per heavy atom. The number of imide groups is 1. The van der Waals surface area contributed by atoms with Crippen molar-refractivity contribution in [3.63, 3.8) is 0 Å². The van der Waals surface area contributed by atoms with E-state index in [0.717, 1.165) is 4.90 Å². The molecule has 0 saturated carbocycles. The number of aromatic nitrogens is 2. The van der Waals surface area contributed by atoms with Crippen molar-refractivity contribution in [3.05, 3.63) is 18.3 Å². The van der Waals surface area contributed by atoms with Crippen LogP contribution in [0.5, 0.6) is 5.88 Å². The minimum absolute atomic E-state index is 0.00909. The summed E-state index contributed by atoms with van der Waals surface area (Å²) in [6.45, 7) is 15.8. The van der Waals surface area contributed by atoms with Crippen molar-refractivity contribution in [2.45, 2.75) is 59.7 Å². The summed E-state index contributed by atoms with van der Waals surface area (Å²) in [5.41, 5.74) is -1.20.